The predicted molar refractivity (Wildman–Crippen MR) is 89.9 cm³/mol. The monoisotopic (exact) mass is 260 g/mol. The van der Waals surface area contributed by atoms with E-state index in [-0.39, 0.29) is 0 Å². The molecule has 2 aromatic carbocycles. The van der Waals surface area contributed by atoms with Gasteiger partial charge in [0.05, 0.1) is 0 Å². The van der Waals surface area contributed by atoms with Crippen molar-refractivity contribution in [3.05, 3.63) is 70.8 Å². The van der Waals surface area contributed by atoms with E-state index in [9.17, 15) is 0 Å². The lowest BCUT2D eigenvalue weighted by atomic mass is 9.85. The van der Waals surface area contributed by atoms with Crippen molar-refractivity contribution in [2.24, 2.45) is 0 Å². The molecule has 0 radical (unpaired) electrons. The predicted octanol–water partition coefficient (Wildman–Crippen LogP) is 5.70. The van der Waals surface area contributed by atoms with Crippen molar-refractivity contribution < 1.29 is 0 Å². The van der Waals surface area contributed by atoms with Gasteiger partial charge in [-0.2, -0.15) is 0 Å². The third-order valence-electron chi connectivity index (χ3n) is 4.07. The Labute approximate surface area is 121 Å². The molecule has 0 heterocycles. The van der Waals surface area contributed by atoms with E-state index in [1.807, 2.05) is 6.92 Å². The first-order chi connectivity index (χ1) is 9.68. The molecule has 2 aromatic rings. The van der Waals surface area contributed by atoms with Crippen molar-refractivity contribution in [1.29, 1.82) is 0 Å². The molecule has 0 heteroatoms. The summed E-state index contributed by atoms with van der Waals surface area (Å²) in [7, 11) is 0. The zero-order valence-electron chi connectivity index (χ0n) is 12.2. The minimum atomic E-state index is 1.09. The summed E-state index contributed by atoms with van der Waals surface area (Å²) in [5.41, 5.74) is 6.77. The maximum Gasteiger partial charge on any atom is -0.0103 e. The SMILES string of the molecule is C=C(C)C=Cc1c(C)c2c(c3ccccc13)C=CCC2. The van der Waals surface area contributed by atoms with Gasteiger partial charge in [-0.3, -0.25) is 0 Å². The molecular formula is C20H20. The molecule has 100 valence electrons. The minimum absolute atomic E-state index is 1.09. The molecule has 0 unspecified atom stereocenters. The highest BCUT2D eigenvalue weighted by atomic mass is 14.2. The first-order valence-electron chi connectivity index (χ1n) is 7.23. The number of hydrogen-bond donors (Lipinski definition) is 0. The van der Waals surface area contributed by atoms with Crippen LogP contribution >= 0.6 is 0 Å². The molecule has 0 saturated carbocycles. The Balaban J connectivity index is 2.37. The van der Waals surface area contributed by atoms with Crippen LogP contribution in [0.15, 0.2) is 48.6 Å². The van der Waals surface area contributed by atoms with Crippen LogP contribution in [-0.2, 0) is 6.42 Å². The van der Waals surface area contributed by atoms with Crippen LogP contribution in [0, 0.1) is 6.92 Å². The molecule has 0 spiro atoms. The van der Waals surface area contributed by atoms with Crippen LogP contribution in [0.25, 0.3) is 22.9 Å². The standard InChI is InChI=1S/C20H20/c1-14(2)12-13-17-15(3)16-8-4-5-9-18(16)20-11-7-6-10-19(17)20/h5-7,9-13H,1,4,8H2,2-3H3. The number of hydrogen-bond acceptors (Lipinski definition) is 0. The van der Waals surface area contributed by atoms with Gasteiger partial charge in [-0.1, -0.05) is 60.7 Å². The van der Waals surface area contributed by atoms with Crippen LogP contribution in [0.3, 0.4) is 0 Å². The van der Waals surface area contributed by atoms with E-state index >= 15 is 0 Å². The minimum Gasteiger partial charge on any atom is -0.0961 e. The molecule has 0 fully saturated rings. The molecule has 1 aliphatic carbocycles. The molecule has 0 aliphatic heterocycles. The van der Waals surface area contributed by atoms with Crippen molar-refractivity contribution in [3.8, 4) is 0 Å². The second-order valence-corrected chi connectivity index (χ2v) is 5.60. The Morgan fingerprint density at radius 1 is 1.20 bits per heavy atom. The van der Waals surface area contributed by atoms with Crippen molar-refractivity contribution in [2.75, 3.05) is 0 Å². The van der Waals surface area contributed by atoms with Gasteiger partial charge < -0.3 is 0 Å². The van der Waals surface area contributed by atoms with Crippen LogP contribution in [-0.4, -0.2) is 0 Å². The van der Waals surface area contributed by atoms with E-state index in [1.54, 1.807) is 0 Å². The van der Waals surface area contributed by atoms with Crippen LogP contribution in [0.1, 0.15) is 35.6 Å². The normalized spacial score (nSPS) is 13.9. The van der Waals surface area contributed by atoms with Gasteiger partial charge in [-0.15, -0.1) is 0 Å². The average Bonchev–Trinajstić information content (AvgIpc) is 2.47. The second-order valence-electron chi connectivity index (χ2n) is 5.60. The molecule has 1 aliphatic rings. The van der Waals surface area contributed by atoms with Gasteiger partial charge in [0.15, 0.2) is 0 Å². The molecule has 0 saturated heterocycles. The van der Waals surface area contributed by atoms with Crippen molar-refractivity contribution in [2.45, 2.75) is 26.7 Å². The number of rotatable bonds is 2. The number of benzene rings is 2. The second kappa shape index (κ2) is 5.13. The summed E-state index contributed by atoms with van der Waals surface area (Å²) in [5, 5.41) is 2.71. The van der Waals surface area contributed by atoms with E-state index < -0.39 is 0 Å². The topological polar surface area (TPSA) is 0 Å². The average molecular weight is 260 g/mol. The van der Waals surface area contributed by atoms with Gasteiger partial charge in [-0.05, 0) is 59.7 Å². The fourth-order valence-electron chi connectivity index (χ4n) is 3.06. The zero-order chi connectivity index (χ0) is 14.1. The largest absolute Gasteiger partial charge is 0.0961 e. The summed E-state index contributed by atoms with van der Waals surface area (Å²) in [6, 6.07) is 8.72. The van der Waals surface area contributed by atoms with Gasteiger partial charge in [0.1, 0.15) is 0 Å². The summed E-state index contributed by atoms with van der Waals surface area (Å²) < 4.78 is 0. The zero-order valence-corrected chi connectivity index (χ0v) is 12.2. The van der Waals surface area contributed by atoms with E-state index in [1.165, 1.54) is 33.0 Å². The molecule has 0 N–H and O–H groups in total. The highest BCUT2D eigenvalue weighted by Crippen LogP contribution is 2.35. The number of allylic oxidation sites excluding steroid dienone is 3. The fourth-order valence-corrected chi connectivity index (χ4v) is 3.06. The van der Waals surface area contributed by atoms with Crippen LogP contribution in [0.4, 0.5) is 0 Å². The van der Waals surface area contributed by atoms with Gasteiger partial charge in [0, 0.05) is 0 Å². The van der Waals surface area contributed by atoms with Gasteiger partial charge in [-0.25, -0.2) is 0 Å². The molecule has 0 atom stereocenters. The Hall–Kier alpha value is -2.08. The van der Waals surface area contributed by atoms with Gasteiger partial charge in [0.2, 0.25) is 0 Å². The summed E-state index contributed by atoms with van der Waals surface area (Å²) in [5.74, 6) is 0. The van der Waals surface area contributed by atoms with E-state index in [0.717, 1.165) is 18.4 Å². The molecule has 0 aromatic heterocycles. The molecule has 0 nitrogen and oxygen atoms in total. The van der Waals surface area contributed by atoms with E-state index in [0.29, 0.717) is 0 Å². The van der Waals surface area contributed by atoms with Crippen molar-refractivity contribution in [3.63, 3.8) is 0 Å². The maximum absolute atomic E-state index is 3.97. The smallest absolute Gasteiger partial charge is 0.0103 e. The highest BCUT2D eigenvalue weighted by Gasteiger charge is 2.15. The molecule has 20 heavy (non-hydrogen) atoms. The van der Waals surface area contributed by atoms with Crippen molar-refractivity contribution in [1.82, 2.24) is 0 Å². The Morgan fingerprint density at radius 3 is 2.70 bits per heavy atom. The lowest BCUT2D eigenvalue weighted by Gasteiger charge is -2.19. The van der Waals surface area contributed by atoms with Crippen LogP contribution in [0.2, 0.25) is 0 Å². The van der Waals surface area contributed by atoms with Crippen molar-refractivity contribution >= 4 is 22.9 Å². The third-order valence-corrected chi connectivity index (χ3v) is 4.07. The first-order valence-corrected chi connectivity index (χ1v) is 7.23. The first kappa shape index (κ1) is 12.9. The Kier molecular flexibility index (Phi) is 3.31. The van der Waals surface area contributed by atoms with Gasteiger partial charge in [0.25, 0.3) is 0 Å². The Morgan fingerprint density at radius 2 is 1.95 bits per heavy atom. The lowest BCUT2D eigenvalue weighted by Crippen LogP contribution is -2.01. The molecular weight excluding hydrogens is 240 g/mol. The molecule has 0 bridgehead atoms. The van der Waals surface area contributed by atoms with Gasteiger partial charge >= 0.3 is 0 Å². The summed E-state index contributed by atoms with van der Waals surface area (Å²) in [6.07, 6.45) is 11.2. The summed E-state index contributed by atoms with van der Waals surface area (Å²) >= 11 is 0. The van der Waals surface area contributed by atoms with E-state index in [4.69, 9.17) is 0 Å². The van der Waals surface area contributed by atoms with E-state index in [2.05, 4.69) is 62.1 Å². The highest BCUT2D eigenvalue weighted by molar-refractivity contribution is 5.99. The summed E-state index contributed by atoms with van der Waals surface area (Å²) in [6.45, 7) is 8.26. The third kappa shape index (κ3) is 2.12. The van der Waals surface area contributed by atoms with Crippen LogP contribution < -0.4 is 0 Å². The maximum atomic E-state index is 3.97. The Bertz CT molecular complexity index is 742. The number of fused-ring (bicyclic) bond motifs is 3. The van der Waals surface area contributed by atoms with Crippen LogP contribution in [0.5, 0.6) is 0 Å². The lowest BCUT2D eigenvalue weighted by molar-refractivity contribution is 0.974. The fraction of sp³-hybridized carbons (Fsp3) is 0.200. The summed E-state index contributed by atoms with van der Waals surface area (Å²) in [4.78, 5) is 0. The molecule has 3 rings (SSSR count). The molecule has 0 amide bonds. The quantitative estimate of drug-likeness (QED) is 0.608.